The highest BCUT2D eigenvalue weighted by atomic mass is 32.1. The molecule has 202 valence electrons. The monoisotopic (exact) mass is 562 g/mol. The first kappa shape index (κ1) is 25.5. The molecule has 0 bridgehead atoms. The third-order valence-electron chi connectivity index (χ3n) is 7.29. The van der Waals surface area contributed by atoms with E-state index in [-0.39, 0.29) is 17.9 Å². The van der Waals surface area contributed by atoms with Gasteiger partial charge in [0.15, 0.2) is 0 Å². The fraction of sp³-hybridized carbons (Fsp3) is 0.370. The SMILES string of the molecule is Cn1nc(-c2cccs2)cc1NC(=O)c1csc(C2CCN(C(=O)N3CCN(c4ccccn4)CC3)CC2)n1. The first-order valence-electron chi connectivity index (χ1n) is 13.1. The van der Waals surface area contributed by atoms with Gasteiger partial charge in [-0.25, -0.2) is 14.8 Å². The molecule has 1 N–H and O–H groups in total. The smallest absolute Gasteiger partial charge is 0.320 e. The molecule has 3 amide bonds. The molecule has 0 aliphatic carbocycles. The molecule has 0 spiro atoms. The van der Waals surface area contributed by atoms with Crippen molar-refractivity contribution >= 4 is 46.2 Å². The van der Waals surface area contributed by atoms with E-state index in [9.17, 15) is 9.59 Å². The third kappa shape index (κ3) is 5.52. The maximum atomic E-state index is 13.2. The Hall–Kier alpha value is -3.77. The molecule has 0 saturated carbocycles. The number of nitrogens with zero attached hydrogens (tertiary/aromatic N) is 7. The Bertz CT molecular complexity index is 1420. The number of pyridine rings is 1. The Morgan fingerprint density at radius 1 is 0.974 bits per heavy atom. The number of urea groups is 1. The van der Waals surface area contributed by atoms with E-state index in [1.54, 1.807) is 22.2 Å². The van der Waals surface area contributed by atoms with Crippen LogP contribution in [-0.4, -0.2) is 80.8 Å². The number of aryl methyl sites for hydroxylation is 1. The van der Waals surface area contributed by atoms with E-state index in [1.165, 1.54) is 11.3 Å². The lowest BCUT2D eigenvalue weighted by Crippen LogP contribution is -2.54. The topological polar surface area (TPSA) is 99.5 Å². The summed E-state index contributed by atoms with van der Waals surface area (Å²) < 4.78 is 1.67. The second-order valence-corrected chi connectivity index (χ2v) is 11.6. The zero-order valence-corrected chi connectivity index (χ0v) is 23.3. The molecular weight excluding hydrogens is 532 g/mol. The molecule has 0 aromatic carbocycles. The second-order valence-electron chi connectivity index (χ2n) is 9.75. The van der Waals surface area contributed by atoms with Crippen molar-refractivity contribution in [3.05, 3.63) is 64.1 Å². The molecule has 10 nitrogen and oxygen atoms in total. The number of amides is 3. The van der Waals surface area contributed by atoms with Crippen LogP contribution in [0.15, 0.2) is 53.4 Å². The van der Waals surface area contributed by atoms with E-state index in [2.05, 4.69) is 25.3 Å². The number of hydrogen-bond acceptors (Lipinski definition) is 8. The molecule has 4 aromatic rings. The Balaban J connectivity index is 1.00. The molecule has 6 rings (SSSR count). The van der Waals surface area contributed by atoms with E-state index in [1.807, 2.05) is 64.0 Å². The highest BCUT2D eigenvalue weighted by Crippen LogP contribution is 2.31. The fourth-order valence-electron chi connectivity index (χ4n) is 5.07. The van der Waals surface area contributed by atoms with Gasteiger partial charge in [-0.05, 0) is 36.4 Å². The number of thiophene rings is 1. The van der Waals surface area contributed by atoms with Crippen LogP contribution in [0.4, 0.5) is 16.4 Å². The molecule has 12 heteroatoms. The van der Waals surface area contributed by atoms with Gasteiger partial charge < -0.3 is 20.0 Å². The molecule has 2 saturated heterocycles. The average molecular weight is 563 g/mol. The van der Waals surface area contributed by atoms with E-state index < -0.39 is 0 Å². The Morgan fingerprint density at radius 3 is 2.49 bits per heavy atom. The van der Waals surface area contributed by atoms with Crippen molar-refractivity contribution < 1.29 is 9.59 Å². The largest absolute Gasteiger partial charge is 0.353 e. The van der Waals surface area contributed by atoms with Crippen molar-refractivity contribution in [3.8, 4) is 10.6 Å². The van der Waals surface area contributed by atoms with Gasteiger partial charge in [-0.3, -0.25) is 9.48 Å². The molecule has 4 aromatic heterocycles. The molecule has 39 heavy (non-hydrogen) atoms. The van der Waals surface area contributed by atoms with E-state index in [0.29, 0.717) is 37.7 Å². The Morgan fingerprint density at radius 2 is 1.77 bits per heavy atom. The number of carbonyl (C=O) groups is 2. The summed E-state index contributed by atoms with van der Waals surface area (Å²) in [5.74, 6) is 1.61. The number of nitrogens with one attached hydrogen (secondary N) is 1. The van der Waals surface area contributed by atoms with Gasteiger partial charge in [-0.15, -0.1) is 22.7 Å². The summed E-state index contributed by atoms with van der Waals surface area (Å²) in [6, 6.07) is 11.9. The molecule has 0 atom stereocenters. The minimum absolute atomic E-state index is 0.117. The van der Waals surface area contributed by atoms with Crippen LogP contribution in [0.25, 0.3) is 10.6 Å². The summed E-state index contributed by atoms with van der Waals surface area (Å²) in [6.07, 6.45) is 3.50. The third-order valence-corrected chi connectivity index (χ3v) is 9.19. The predicted molar refractivity (Wildman–Crippen MR) is 154 cm³/mol. The van der Waals surface area contributed by atoms with Gasteiger partial charge in [0.05, 0.1) is 9.88 Å². The molecule has 6 heterocycles. The molecular formula is C27H30N8O2S2. The van der Waals surface area contributed by atoms with Crippen LogP contribution >= 0.6 is 22.7 Å². The highest BCUT2D eigenvalue weighted by Gasteiger charge is 2.30. The highest BCUT2D eigenvalue weighted by molar-refractivity contribution is 7.13. The zero-order chi connectivity index (χ0) is 26.8. The molecule has 0 unspecified atom stereocenters. The van der Waals surface area contributed by atoms with Crippen molar-refractivity contribution in [1.82, 2.24) is 29.5 Å². The fourth-order valence-corrected chi connectivity index (χ4v) is 6.73. The van der Waals surface area contributed by atoms with Crippen molar-refractivity contribution in [2.24, 2.45) is 7.05 Å². The maximum Gasteiger partial charge on any atom is 0.320 e. The number of aromatic nitrogens is 4. The number of thiazole rings is 1. The van der Waals surface area contributed by atoms with E-state index in [4.69, 9.17) is 0 Å². The summed E-state index contributed by atoms with van der Waals surface area (Å²) >= 11 is 3.13. The lowest BCUT2D eigenvalue weighted by molar-refractivity contribution is 0.102. The molecule has 2 aliphatic heterocycles. The number of rotatable bonds is 5. The van der Waals surface area contributed by atoms with Gasteiger partial charge >= 0.3 is 6.03 Å². The van der Waals surface area contributed by atoms with E-state index >= 15 is 0 Å². The normalized spacial score (nSPS) is 16.5. The number of hydrogen-bond donors (Lipinski definition) is 1. The molecule has 2 aliphatic rings. The van der Waals surface area contributed by atoms with Crippen LogP contribution in [-0.2, 0) is 7.05 Å². The van der Waals surface area contributed by atoms with Crippen molar-refractivity contribution in [1.29, 1.82) is 0 Å². The number of piperidine rings is 1. The first-order valence-corrected chi connectivity index (χ1v) is 14.9. The van der Waals surface area contributed by atoms with Crippen molar-refractivity contribution in [2.45, 2.75) is 18.8 Å². The first-order chi connectivity index (χ1) is 19.0. The second kappa shape index (κ2) is 11.1. The lowest BCUT2D eigenvalue weighted by Gasteiger charge is -2.39. The van der Waals surface area contributed by atoms with Crippen LogP contribution in [0.2, 0.25) is 0 Å². The van der Waals surface area contributed by atoms with Gasteiger partial charge in [0.2, 0.25) is 0 Å². The van der Waals surface area contributed by atoms with Crippen LogP contribution in [0.5, 0.6) is 0 Å². The van der Waals surface area contributed by atoms with Gasteiger partial charge in [0, 0.05) is 69.9 Å². The predicted octanol–water partition coefficient (Wildman–Crippen LogP) is 4.37. The van der Waals surface area contributed by atoms with Crippen LogP contribution in [0.3, 0.4) is 0 Å². The minimum atomic E-state index is -0.240. The van der Waals surface area contributed by atoms with E-state index in [0.717, 1.165) is 47.3 Å². The number of carbonyl (C=O) groups excluding carboxylic acids is 2. The van der Waals surface area contributed by atoms with Gasteiger partial charge in [0.1, 0.15) is 23.0 Å². The quantitative estimate of drug-likeness (QED) is 0.388. The lowest BCUT2D eigenvalue weighted by atomic mass is 9.98. The summed E-state index contributed by atoms with van der Waals surface area (Å²) in [7, 11) is 1.81. The van der Waals surface area contributed by atoms with Crippen molar-refractivity contribution in [2.75, 3.05) is 49.5 Å². The summed E-state index contributed by atoms with van der Waals surface area (Å²) in [4.78, 5) is 42.4. The van der Waals surface area contributed by atoms with Gasteiger partial charge in [-0.1, -0.05) is 12.1 Å². The molecule has 0 radical (unpaired) electrons. The van der Waals surface area contributed by atoms with Gasteiger partial charge in [0.25, 0.3) is 5.91 Å². The number of anilines is 2. The standard InChI is InChI=1S/C27H30N8O2S2/c1-32-24(17-20(31-32)22-5-4-16-38-22)30-25(36)21-18-39-26(29-21)19-7-10-34(11-8-19)27(37)35-14-12-33(13-15-35)23-6-2-3-9-28-23/h2-6,9,16-19H,7-8,10-15H2,1H3,(H,30,36). The number of piperazine rings is 1. The summed E-state index contributed by atoms with van der Waals surface area (Å²) in [5, 5.41) is 12.2. The summed E-state index contributed by atoms with van der Waals surface area (Å²) in [5.41, 5.74) is 1.25. The Kier molecular flexibility index (Phi) is 7.29. The van der Waals surface area contributed by atoms with Crippen LogP contribution < -0.4 is 10.2 Å². The van der Waals surface area contributed by atoms with Crippen LogP contribution in [0, 0.1) is 0 Å². The Labute approximate surface area is 234 Å². The van der Waals surface area contributed by atoms with Crippen molar-refractivity contribution in [3.63, 3.8) is 0 Å². The molecule has 2 fully saturated rings. The minimum Gasteiger partial charge on any atom is -0.353 e. The van der Waals surface area contributed by atoms with Gasteiger partial charge in [-0.2, -0.15) is 5.10 Å². The average Bonchev–Trinajstić information content (AvgIpc) is 3.76. The van der Waals surface area contributed by atoms with Crippen LogP contribution in [0.1, 0.15) is 34.3 Å². The summed E-state index contributed by atoms with van der Waals surface area (Å²) in [6.45, 7) is 4.38. The maximum absolute atomic E-state index is 13.2. The zero-order valence-electron chi connectivity index (χ0n) is 21.7. The number of likely N-dealkylation sites (tertiary alicyclic amines) is 1.